The molecule has 1 atom stereocenters. The van der Waals surface area contributed by atoms with Gasteiger partial charge in [-0.3, -0.25) is 4.79 Å². The summed E-state index contributed by atoms with van der Waals surface area (Å²) in [7, 11) is 0. The molecular formula is C17H21N3O3. The molecule has 0 spiro atoms. The number of nitrogens with zero attached hydrogens (tertiary/aromatic N) is 1. The van der Waals surface area contributed by atoms with Gasteiger partial charge in [-0.25, -0.2) is 0 Å². The van der Waals surface area contributed by atoms with Crippen LogP contribution in [0.2, 0.25) is 0 Å². The maximum absolute atomic E-state index is 12.0. The van der Waals surface area contributed by atoms with Crippen LogP contribution < -0.4 is 15.4 Å². The minimum Gasteiger partial charge on any atom is -0.494 e. The van der Waals surface area contributed by atoms with Gasteiger partial charge in [0.2, 0.25) is 0 Å². The standard InChI is InChI=1S/C17H21N3O3/c1-2-22-15-7-5-14(6-8-15)19-11-13(10-18)17(21)20-12-16-4-3-9-23-16/h5-8,11,16,19H,2-4,9,12H2,1H3,(H,20,21)/b13-11-. The molecule has 0 saturated carbocycles. The van der Waals surface area contributed by atoms with Crippen LogP contribution in [0.5, 0.6) is 5.75 Å². The van der Waals surface area contributed by atoms with E-state index in [1.807, 2.05) is 37.3 Å². The van der Waals surface area contributed by atoms with E-state index in [1.54, 1.807) is 0 Å². The van der Waals surface area contributed by atoms with Crippen molar-refractivity contribution < 1.29 is 14.3 Å². The molecule has 1 aliphatic heterocycles. The Morgan fingerprint density at radius 1 is 1.48 bits per heavy atom. The Morgan fingerprint density at radius 2 is 2.26 bits per heavy atom. The van der Waals surface area contributed by atoms with Crippen molar-refractivity contribution in [3.8, 4) is 11.8 Å². The van der Waals surface area contributed by atoms with Crippen molar-refractivity contribution in [2.45, 2.75) is 25.9 Å². The quantitative estimate of drug-likeness (QED) is 0.595. The predicted octanol–water partition coefficient (Wildman–Crippen LogP) is 2.20. The summed E-state index contributed by atoms with van der Waals surface area (Å²) >= 11 is 0. The fourth-order valence-corrected chi connectivity index (χ4v) is 2.23. The minimum atomic E-state index is -0.401. The van der Waals surface area contributed by atoms with Gasteiger partial charge in [0.25, 0.3) is 5.91 Å². The molecule has 1 aromatic rings. The third-order valence-electron chi connectivity index (χ3n) is 3.43. The zero-order valence-corrected chi connectivity index (χ0v) is 13.2. The normalized spacial score (nSPS) is 17.4. The van der Waals surface area contributed by atoms with E-state index < -0.39 is 5.91 Å². The monoisotopic (exact) mass is 315 g/mol. The van der Waals surface area contributed by atoms with Gasteiger partial charge in [-0.1, -0.05) is 0 Å². The number of ether oxygens (including phenoxy) is 2. The summed E-state index contributed by atoms with van der Waals surface area (Å²) in [6.45, 7) is 3.70. The maximum atomic E-state index is 12.0. The molecule has 0 radical (unpaired) electrons. The Hall–Kier alpha value is -2.52. The van der Waals surface area contributed by atoms with Gasteiger partial charge in [0, 0.05) is 25.0 Å². The summed E-state index contributed by atoms with van der Waals surface area (Å²) in [5, 5.41) is 14.8. The summed E-state index contributed by atoms with van der Waals surface area (Å²) in [4.78, 5) is 12.0. The fourth-order valence-electron chi connectivity index (χ4n) is 2.23. The summed E-state index contributed by atoms with van der Waals surface area (Å²) in [5.74, 6) is 0.373. The molecule has 0 aromatic heterocycles. The molecule has 1 fully saturated rings. The van der Waals surface area contributed by atoms with Crippen LogP contribution in [0.1, 0.15) is 19.8 Å². The SMILES string of the molecule is CCOc1ccc(N/C=C(/C#N)C(=O)NCC2CCCO2)cc1. The van der Waals surface area contributed by atoms with Crippen molar-refractivity contribution in [2.75, 3.05) is 25.1 Å². The van der Waals surface area contributed by atoms with Crippen molar-refractivity contribution in [3.05, 3.63) is 36.0 Å². The average Bonchev–Trinajstić information content (AvgIpc) is 3.09. The molecule has 1 saturated heterocycles. The van der Waals surface area contributed by atoms with Crippen LogP contribution >= 0.6 is 0 Å². The van der Waals surface area contributed by atoms with Gasteiger partial charge in [0.15, 0.2) is 0 Å². The molecule has 6 nitrogen and oxygen atoms in total. The van der Waals surface area contributed by atoms with E-state index in [4.69, 9.17) is 14.7 Å². The van der Waals surface area contributed by atoms with Gasteiger partial charge in [-0.15, -0.1) is 0 Å². The van der Waals surface area contributed by atoms with Gasteiger partial charge in [-0.05, 0) is 44.0 Å². The van der Waals surface area contributed by atoms with Crippen LogP contribution in [0.3, 0.4) is 0 Å². The van der Waals surface area contributed by atoms with Crippen molar-refractivity contribution >= 4 is 11.6 Å². The van der Waals surface area contributed by atoms with E-state index in [-0.39, 0.29) is 11.7 Å². The van der Waals surface area contributed by atoms with E-state index in [2.05, 4.69) is 10.6 Å². The Bertz CT molecular complexity index is 584. The first-order chi connectivity index (χ1) is 11.2. The minimum absolute atomic E-state index is 0.0249. The number of hydrogen-bond donors (Lipinski definition) is 2. The Labute approximate surface area is 136 Å². The smallest absolute Gasteiger partial charge is 0.263 e. The van der Waals surface area contributed by atoms with Crippen LogP contribution in [0.15, 0.2) is 36.0 Å². The van der Waals surface area contributed by atoms with Crippen molar-refractivity contribution in [1.82, 2.24) is 5.32 Å². The second kappa shape index (κ2) is 8.81. The van der Waals surface area contributed by atoms with Crippen LogP contribution in [-0.4, -0.2) is 31.8 Å². The predicted molar refractivity (Wildman–Crippen MR) is 86.9 cm³/mol. The van der Waals surface area contributed by atoms with Gasteiger partial charge < -0.3 is 20.1 Å². The number of rotatable bonds is 7. The zero-order valence-electron chi connectivity index (χ0n) is 13.2. The Balaban J connectivity index is 1.87. The fraction of sp³-hybridized carbons (Fsp3) is 0.412. The van der Waals surface area contributed by atoms with Gasteiger partial charge in [-0.2, -0.15) is 5.26 Å². The maximum Gasteiger partial charge on any atom is 0.263 e. The number of benzene rings is 1. The Morgan fingerprint density at radius 3 is 2.87 bits per heavy atom. The molecule has 1 amide bonds. The van der Waals surface area contributed by atoms with Crippen LogP contribution in [0.25, 0.3) is 0 Å². The second-order valence-corrected chi connectivity index (χ2v) is 5.12. The number of carbonyl (C=O) groups is 1. The topological polar surface area (TPSA) is 83.4 Å². The van der Waals surface area contributed by atoms with E-state index in [9.17, 15) is 4.79 Å². The van der Waals surface area contributed by atoms with Crippen LogP contribution in [0.4, 0.5) is 5.69 Å². The van der Waals surface area contributed by atoms with Crippen molar-refractivity contribution in [1.29, 1.82) is 5.26 Å². The largest absolute Gasteiger partial charge is 0.494 e. The molecule has 1 heterocycles. The molecule has 2 N–H and O–H groups in total. The third-order valence-corrected chi connectivity index (χ3v) is 3.43. The first-order valence-electron chi connectivity index (χ1n) is 7.72. The summed E-state index contributed by atoms with van der Waals surface area (Å²) in [6.07, 6.45) is 3.41. The van der Waals surface area contributed by atoms with E-state index in [1.165, 1.54) is 6.20 Å². The number of hydrogen-bond acceptors (Lipinski definition) is 5. The summed E-state index contributed by atoms with van der Waals surface area (Å²) in [6, 6.07) is 9.19. The van der Waals surface area contributed by atoms with Crippen LogP contribution in [0, 0.1) is 11.3 Å². The van der Waals surface area contributed by atoms with Crippen molar-refractivity contribution in [2.24, 2.45) is 0 Å². The third kappa shape index (κ3) is 5.31. The zero-order chi connectivity index (χ0) is 16.5. The van der Waals surface area contributed by atoms with Gasteiger partial charge in [0.1, 0.15) is 17.4 Å². The number of anilines is 1. The highest BCUT2D eigenvalue weighted by molar-refractivity contribution is 5.97. The lowest BCUT2D eigenvalue weighted by Crippen LogP contribution is -2.32. The van der Waals surface area contributed by atoms with Crippen LogP contribution in [-0.2, 0) is 9.53 Å². The lowest BCUT2D eigenvalue weighted by molar-refractivity contribution is -0.117. The average molecular weight is 315 g/mol. The number of nitriles is 1. The summed E-state index contributed by atoms with van der Waals surface area (Å²) < 4.78 is 10.8. The van der Waals surface area contributed by atoms with E-state index >= 15 is 0 Å². The molecule has 1 unspecified atom stereocenters. The lowest BCUT2D eigenvalue weighted by atomic mass is 10.2. The first kappa shape index (κ1) is 16.8. The first-order valence-corrected chi connectivity index (χ1v) is 7.72. The molecular weight excluding hydrogens is 294 g/mol. The molecule has 23 heavy (non-hydrogen) atoms. The van der Waals surface area contributed by atoms with E-state index in [0.29, 0.717) is 13.2 Å². The van der Waals surface area contributed by atoms with Gasteiger partial charge in [0.05, 0.1) is 12.7 Å². The van der Waals surface area contributed by atoms with E-state index in [0.717, 1.165) is 30.9 Å². The summed E-state index contributed by atoms with van der Waals surface area (Å²) in [5.41, 5.74) is 0.796. The van der Waals surface area contributed by atoms with Crippen molar-refractivity contribution in [3.63, 3.8) is 0 Å². The lowest BCUT2D eigenvalue weighted by Gasteiger charge is -2.10. The molecule has 1 aliphatic rings. The second-order valence-electron chi connectivity index (χ2n) is 5.12. The van der Waals surface area contributed by atoms with Gasteiger partial charge >= 0.3 is 0 Å². The highest BCUT2D eigenvalue weighted by Gasteiger charge is 2.17. The highest BCUT2D eigenvalue weighted by atomic mass is 16.5. The molecule has 0 aliphatic carbocycles. The number of nitrogens with one attached hydrogen (secondary N) is 2. The molecule has 6 heteroatoms. The molecule has 1 aromatic carbocycles. The highest BCUT2D eigenvalue weighted by Crippen LogP contribution is 2.16. The number of carbonyl (C=O) groups excluding carboxylic acids is 1. The number of amides is 1. The molecule has 2 rings (SSSR count). The molecule has 0 bridgehead atoms. The Kier molecular flexibility index (Phi) is 6.45. The molecule has 122 valence electrons.